The molecule has 2 aromatic rings. The van der Waals surface area contributed by atoms with Gasteiger partial charge in [0.15, 0.2) is 11.4 Å². The average Bonchev–Trinajstić information content (AvgIpc) is 2.60. The van der Waals surface area contributed by atoms with Crippen molar-refractivity contribution in [2.45, 2.75) is 19.9 Å². The number of carbonyl (C=O) groups is 1. The van der Waals surface area contributed by atoms with E-state index in [0.717, 1.165) is 0 Å². The molecule has 0 aliphatic rings. The predicted octanol–water partition coefficient (Wildman–Crippen LogP) is 2.35. The molecule has 0 aliphatic heterocycles. The van der Waals surface area contributed by atoms with E-state index in [0.29, 0.717) is 16.8 Å². The largest absolute Gasteiger partial charge is 0.478 e. The van der Waals surface area contributed by atoms with E-state index < -0.39 is 5.97 Å². The van der Waals surface area contributed by atoms with Crippen LogP contribution in [0.15, 0.2) is 22.7 Å². The second-order valence-corrected chi connectivity index (χ2v) is 3.85. The van der Waals surface area contributed by atoms with Crippen molar-refractivity contribution >= 4 is 22.8 Å². The highest BCUT2D eigenvalue weighted by atomic mass is 16.5. The number of benzene rings is 1. The van der Waals surface area contributed by atoms with Crippen molar-refractivity contribution < 1.29 is 14.4 Å². The van der Waals surface area contributed by atoms with Crippen LogP contribution >= 0.6 is 0 Å². The minimum absolute atomic E-state index is 0.210. The van der Waals surface area contributed by atoms with Crippen molar-refractivity contribution in [3.8, 4) is 0 Å². The Kier molecular flexibility index (Phi) is 2.52. The number of hydrogen-bond donors (Lipinski definition) is 2. The van der Waals surface area contributed by atoms with Gasteiger partial charge in [0.2, 0.25) is 0 Å². The number of nitrogens with zero attached hydrogens (tertiary/aromatic N) is 1. The van der Waals surface area contributed by atoms with Gasteiger partial charge >= 0.3 is 5.97 Å². The molecular weight excluding hydrogens is 208 g/mol. The third-order valence-electron chi connectivity index (χ3n) is 2.14. The number of aromatic nitrogens is 1. The molecule has 0 fully saturated rings. The highest BCUT2D eigenvalue weighted by Gasteiger charge is 2.11. The maximum absolute atomic E-state index is 10.8. The third kappa shape index (κ3) is 1.84. The SMILES string of the molecule is CC(C)Nc1noc2ccc(C(=O)O)cc12. The smallest absolute Gasteiger partial charge is 0.335 e. The van der Waals surface area contributed by atoms with Gasteiger partial charge in [0, 0.05) is 6.04 Å². The van der Waals surface area contributed by atoms with E-state index in [1.807, 2.05) is 13.8 Å². The number of carboxylic acid groups (broad SMARTS) is 1. The van der Waals surface area contributed by atoms with Gasteiger partial charge in [0.05, 0.1) is 10.9 Å². The highest BCUT2D eigenvalue weighted by molar-refractivity contribution is 5.96. The van der Waals surface area contributed by atoms with Gasteiger partial charge < -0.3 is 14.9 Å². The second kappa shape index (κ2) is 3.84. The molecule has 2 rings (SSSR count). The van der Waals surface area contributed by atoms with Crippen molar-refractivity contribution in [3.05, 3.63) is 23.8 Å². The van der Waals surface area contributed by atoms with Crippen LogP contribution in [0, 0.1) is 0 Å². The van der Waals surface area contributed by atoms with Gasteiger partial charge in [-0.3, -0.25) is 0 Å². The lowest BCUT2D eigenvalue weighted by Crippen LogP contribution is -2.10. The Hall–Kier alpha value is -2.04. The van der Waals surface area contributed by atoms with Crippen LogP contribution in [-0.4, -0.2) is 22.3 Å². The summed E-state index contributed by atoms with van der Waals surface area (Å²) < 4.78 is 5.08. The lowest BCUT2D eigenvalue weighted by atomic mass is 10.1. The van der Waals surface area contributed by atoms with Gasteiger partial charge in [0.1, 0.15) is 0 Å². The number of fused-ring (bicyclic) bond motifs is 1. The number of carboxylic acids is 1. The Balaban J connectivity index is 2.51. The van der Waals surface area contributed by atoms with Crippen LogP contribution in [0.3, 0.4) is 0 Å². The number of rotatable bonds is 3. The van der Waals surface area contributed by atoms with Crippen molar-refractivity contribution in [2.75, 3.05) is 5.32 Å². The van der Waals surface area contributed by atoms with Gasteiger partial charge in [-0.1, -0.05) is 5.16 Å². The summed E-state index contributed by atoms with van der Waals surface area (Å²) in [6.07, 6.45) is 0. The molecule has 5 nitrogen and oxygen atoms in total. The zero-order valence-corrected chi connectivity index (χ0v) is 9.02. The molecule has 0 saturated heterocycles. The van der Waals surface area contributed by atoms with E-state index in [1.165, 1.54) is 6.07 Å². The van der Waals surface area contributed by atoms with Gasteiger partial charge in [-0.05, 0) is 32.0 Å². The molecule has 0 spiro atoms. The molecule has 0 unspecified atom stereocenters. The van der Waals surface area contributed by atoms with Crippen LogP contribution in [0.2, 0.25) is 0 Å². The molecule has 0 saturated carbocycles. The summed E-state index contributed by atoms with van der Waals surface area (Å²) in [5.74, 6) is -0.383. The van der Waals surface area contributed by atoms with Gasteiger partial charge in [0.25, 0.3) is 0 Å². The maximum atomic E-state index is 10.8. The van der Waals surface area contributed by atoms with Gasteiger partial charge in [-0.15, -0.1) is 0 Å². The molecule has 0 bridgehead atoms. The summed E-state index contributed by atoms with van der Waals surface area (Å²) in [7, 11) is 0. The van der Waals surface area contributed by atoms with Crippen LogP contribution in [0.1, 0.15) is 24.2 Å². The van der Waals surface area contributed by atoms with Crippen LogP contribution in [0.5, 0.6) is 0 Å². The van der Waals surface area contributed by atoms with E-state index in [1.54, 1.807) is 12.1 Å². The average molecular weight is 220 g/mol. The first kappa shape index (κ1) is 10.5. The molecule has 16 heavy (non-hydrogen) atoms. The standard InChI is InChI=1S/C11H12N2O3/c1-6(2)12-10-8-5-7(11(14)15)3-4-9(8)16-13-10/h3-6H,1-2H3,(H,12,13)(H,14,15). The van der Waals surface area contributed by atoms with Gasteiger partial charge in [-0.25, -0.2) is 4.79 Å². The van der Waals surface area contributed by atoms with E-state index in [2.05, 4.69) is 10.5 Å². The third-order valence-corrected chi connectivity index (χ3v) is 2.14. The molecule has 5 heteroatoms. The van der Waals surface area contributed by atoms with E-state index in [-0.39, 0.29) is 11.6 Å². The quantitative estimate of drug-likeness (QED) is 0.830. The molecular formula is C11H12N2O3. The fraction of sp³-hybridized carbons (Fsp3) is 0.273. The Morgan fingerprint density at radius 1 is 1.50 bits per heavy atom. The summed E-state index contributed by atoms with van der Waals surface area (Å²) in [6.45, 7) is 3.95. The molecule has 1 heterocycles. The number of aromatic carboxylic acids is 1. The topological polar surface area (TPSA) is 75.4 Å². The fourth-order valence-electron chi connectivity index (χ4n) is 1.45. The zero-order valence-electron chi connectivity index (χ0n) is 9.02. The Morgan fingerprint density at radius 2 is 2.25 bits per heavy atom. The van der Waals surface area contributed by atoms with Crippen LogP contribution in [-0.2, 0) is 0 Å². The number of nitrogens with one attached hydrogen (secondary N) is 1. The van der Waals surface area contributed by atoms with Crippen LogP contribution in [0.4, 0.5) is 5.82 Å². The Bertz CT molecular complexity index is 531. The summed E-state index contributed by atoms with van der Waals surface area (Å²) in [5.41, 5.74) is 0.802. The summed E-state index contributed by atoms with van der Waals surface area (Å²) in [6, 6.07) is 4.87. The van der Waals surface area contributed by atoms with Crippen molar-refractivity contribution in [3.63, 3.8) is 0 Å². The van der Waals surface area contributed by atoms with Crippen LogP contribution < -0.4 is 5.32 Å². The first-order valence-corrected chi connectivity index (χ1v) is 4.97. The summed E-state index contributed by atoms with van der Waals surface area (Å²) >= 11 is 0. The molecule has 1 aromatic heterocycles. The first-order valence-electron chi connectivity index (χ1n) is 4.97. The Morgan fingerprint density at radius 3 is 2.88 bits per heavy atom. The van der Waals surface area contributed by atoms with Crippen molar-refractivity contribution in [1.82, 2.24) is 5.16 Å². The lowest BCUT2D eigenvalue weighted by molar-refractivity contribution is 0.0697. The first-order chi connectivity index (χ1) is 7.58. The number of hydrogen-bond acceptors (Lipinski definition) is 4. The maximum Gasteiger partial charge on any atom is 0.335 e. The molecule has 0 atom stereocenters. The van der Waals surface area contributed by atoms with E-state index >= 15 is 0 Å². The molecule has 0 aliphatic carbocycles. The normalized spacial score (nSPS) is 10.9. The predicted molar refractivity (Wildman–Crippen MR) is 59.7 cm³/mol. The minimum atomic E-state index is -0.960. The lowest BCUT2D eigenvalue weighted by Gasteiger charge is -2.05. The fourth-order valence-corrected chi connectivity index (χ4v) is 1.45. The summed E-state index contributed by atoms with van der Waals surface area (Å²) in [4.78, 5) is 10.8. The molecule has 0 radical (unpaired) electrons. The van der Waals surface area contributed by atoms with Gasteiger partial charge in [-0.2, -0.15) is 0 Å². The van der Waals surface area contributed by atoms with Crippen molar-refractivity contribution in [2.24, 2.45) is 0 Å². The molecule has 1 aromatic carbocycles. The molecule has 2 N–H and O–H groups in total. The monoisotopic (exact) mass is 220 g/mol. The molecule has 84 valence electrons. The van der Waals surface area contributed by atoms with Crippen LogP contribution in [0.25, 0.3) is 11.0 Å². The number of anilines is 1. The van der Waals surface area contributed by atoms with E-state index in [9.17, 15) is 4.79 Å². The van der Waals surface area contributed by atoms with E-state index in [4.69, 9.17) is 9.63 Å². The zero-order chi connectivity index (χ0) is 11.7. The molecule has 0 amide bonds. The summed E-state index contributed by atoms with van der Waals surface area (Å²) in [5, 5.41) is 16.5. The minimum Gasteiger partial charge on any atom is -0.478 e. The highest BCUT2D eigenvalue weighted by Crippen LogP contribution is 2.24. The second-order valence-electron chi connectivity index (χ2n) is 3.85. The van der Waals surface area contributed by atoms with Crippen molar-refractivity contribution in [1.29, 1.82) is 0 Å². The Labute approximate surface area is 92.0 Å².